The number of nitrogens with one attached hydrogen (secondary N) is 1. The molecule has 0 unspecified atom stereocenters. The quantitative estimate of drug-likeness (QED) is 0.311. The SMILES string of the molecule is Cc1ccccc1-c1nnc(SCC(=O)Nc2ccccc2Sc2ccccc2)n1N. The van der Waals surface area contributed by atoms with E-state index in [-0.39, 0.29) is 11.7 Å². The van der Waals surface area contributed by atoms with E-state index in [4.69, 9.17) is 5.84 Å². The fourth-order valence-electron chi connectivity index (χ4n) is 2.97. The Kier molecular flexibility index (Phi) is 6.59. The lowest BCUT2D eigenvalue weighted by Gasteiger charge is -2.10. The van der Waals surface area contributed by atoms with E-state index in [1.54, 1.807) is 11.8 Å². The van der Waals surface area contributed by atoms with Crippen molar-refractivity contribution in [1.29, 1.82) is 0 Å². The summed E-state index contributed by atoms with van der Waals surface area (Å²) in [6.45, 7) is 2.00. The van der Waals surface area contributed by atoms with Gasteiger partial charge in [0.05, 0.1) is 11.4 Å². The second kappa shape index (κ2) is 9.72. The highest BCUT2D eigenvalue weighted by atomic mass is 32.2. The number of carbonyl (C=O) groups is 1. The highest BCUT2D eigenvalue weighted by Gasteiger charge is 2.15. The zero-order valence-electron chi connectivity index (χ0n) is 16.9. The minimum absolute atomic E-state index is 0.133. The smallest absolute Gasteiger partial charge is 0.234 e. The first-order valence-electron chi connectivity index (χ1n) is 9.63. The summed E-state index contributed by atoms with van der Waals surface area (Å²) in [5.41, 5.74) is 2.75. The summed E-state index contributed by atoms with van der Waals surface area (Å²) < 4.78 is 1.43. The van der Waals surface area contributed by atoms with Gasteiger partial charge in [0.25, 0.3) is 0 Å². The molecule has 0 spiro atoms. The molecule has 31 heavy (non-hydrogen) atoms. The number of rotatable bonds is 7. The van der Waals surface area contributed by atoms with Gasteiger partial charge in [-0.05, 0) is 36.8 Å². The molecule has 3 N–H and O–H groups in total. The van der Waals surface area contributed by atoms with Gasteiger partial charge < -0.3 is 11.2 Å². The molecule has 0 saturated carbocycles. The molecular weight excluding hydrogens is 426 g/mol. The first kappa shape index (κ1) is 21.0. The molecule has 4 rings (SSSR count). The lowest BCUT2D eigenvalue weighted by molar-refractivity contribution is -0.113. The van der Waals surface area contributed by atoms with Crippen molar-refractivity contribution in [2.24, 2.45) is 0 Å². The largest absolute Gasteiger partial charge is 0.335 e. The Morgan fingerprint density at radius 2 is 1.68 bits per heavy atom. The van der Waals surface area contributed by atoms with Crippen LogP contribution in [-0.2, 0) is 4.79 Å². The molecule has 6 nitrogen and oxygen atoms in total. The van der Waals surface area contributed by atoms with Crippen LogP contribution >= 0.6 is 23.5 Å². The molecule has 156 valence electrons. The highest BCUT2D eigenvalue weighted by Crippen LogP contribution is 2.33. The number of thioether (sulfide) groups is 1. The number of amides is 1. The van der Waals surface area contributed by atoms with E-state index >= 15 is 0 Å². The summed E-state index contributed by atoms with van der Waals surface area (Å²) in [6, 6.07) is 25.6. The zero-order valence-corrected chi connectivity index (χ0v) is 18.5. The number of benzene rings is 3. The molecule has 0 aliphatic carbocycles. The van der Waals surface area contributed by atoms with Crippen LogP contribution in [0.3, 0.4) is 0 Å². The second-order valence-corrected chi connectivity index (χ2v) is 8.80. The molecular formula is C23H21N5OS2. The number of nitrogens with two attached hydrogens (primary N) is 1. The average molecular weight is 448 g/mol. The van der Waals surface area contributed by atoms with Crippen LogP contribution in [0.4, 0.5) is 5.69 Å². The Balaban J connectivity index is 1.41. The Hall–Kier alpha value is -3.23. The summed E-state index contributed by atoms with van der Waals surface area (Å²) >= 11 is 2.86. The number of aromatic nitrogens is 3. The third-order valence-corrected chi connectivity index (χ3v) is 6.54. The maximum absolute atomic E-state index is 12.6. The average Bonchev–Trinajstić information content (AvgIpc) is 3.15. The molecule has 0 aliphatic rings. The summed E-state index contributed by atoms with van der Waals surface area (Å²) in [5.74, 6) is 6.80. The second-order valence-electron chi connectivity index (χ2n) is 6.74. The van der Waals surface area contributed by atoms with Gasteiger partial charge in [-0.3, -0.25) is 4.79 Å². The highest BCUT2D eigenvalue weighted by molar-refractivity contribution is 8.00. The molecule has 1 heterocycles. The number of anilines is 1. The van der Waals surface area contributed by atoms with Crippen LogP contribution in [0.1, 0.15) is 5.56 Å². The van der Waals surface area contributed by atoms with Crippen molar-refractivity contribution < 1.29 is 4.79 Å². The normalized spacial score (nSPS) is 10.7. The number of hydrogen-bond acceptors (Lipinski definition) is 6. The van der Waals surface area contributed by atoms with Gasteiger partial charge in [-0.25, -0.2) is 4.68 Å². The molecule has 8 heteroatoms. The van der Waals surface area contributed by atoms with Crippen LogP contribution < -0.4 is 11.2 Å². The van der Waals surface area contributed by atoms with Crippen LogP contribution in [0.15, 0.2) is 93.8 Å². The number of hydrogen-bond donors (Lipinski definition) is 2. The molecule has 0 saturated heterocycles. The van der Waals surface area contributed by atoms with Crippen molar-refractivity contribution in [3.8, 4) is 11.4 Å². The van der Waals surface area contributed by atoms with E-state index < -0.39 is 0 Å². The molecule has 1 aromatic heterocycles. The molecule has 1 amide bonds. The van der Waals surface area contributed by atoms with Crippen molar-refractivity contribution in [3.63, 3.8) is 0 Å². The number of para-hydroxylation sites is 1. The third kappa shape index (κ3) is 5.10. The van der Waals surface area contributed by atoms with Crippen molar-refractivity contribution in [1.82, 2.24) is 14.9 Å². The van der Waals surface area contributed by atoms with E-state index in [1.165, 1.54) is 16.4 Å². The predicted octanol–water partition coefficient (Wildman–Crippen LogP) is 4.85. The molecule has 0 aliphatic heterocycles. The van der Waals surface area contributed by atoms with E-state index in [1.807, 2.05) is 85.8 Å². The Labute approximate surface area is 189 Å². The van der Waals surface area contributed by atoms with Crippen LogP contribution in [0.5, 0.6) is 0 Å². The van der Waals surface area contributed by atoms with E-state index in [2.05, 4.69) is 15.5 Å². The van der Waals surface area contributed by atoms with Gasteiger partial charge in [-0.15, -0.1) is 10.2 Å². The van der Waals surface area contributed by atoms with Crippen molar-refractivity contribution in [2.75, 3.05) is 16.9 Å². The molecule has 0 fully saturated rings. The van der Waals surface area contributed by atoms with Gasteiger partial charge in [-0.2, -0.15) is 0 Å². The standard InChI is InChI=1S/C23H21N5OS2/c1-16-9-5-6-12-18(16)22-26-27-23(28(22)24)30-15-21(29)25-19-13-7-8-14-20(19)31-17-10-3-2-4-11-17/h2-14H,15,24H2,1H3,(H,25,29). The van der Waals surface area contributed by atoms with E-state index in [9.17, 15) is 4.79 Å². The summed E-state index contributed by atoms with van der Waals surface area (Å²) in [6.07, 6.45) is 0. The number of aryl methyl sites for hydroxylation is 1. The van der Waals surface area contributed by atoms with E-state index in [0.717, 1.165) is 26.6 Å². The van der Waals surface area contributed by atoms with Gasteiger partial charge in [-0.1, -0.05) is 78.1 Å². The maximum Gasteiger partial charge on any atom is 0.234 e. The summed E-state index contributed by atoms with van der Waals surface area (Å²) in [5, 5.41) is 11.8. The van der Waals surface area contributed by atoms with Gasteiger partial charge in [0, 0.05) is 15.4 Å². The van der Waals surface area contributed by atoms with Gasteiger partial charge >= 0.3 is 0 Å². The zero-order chi connectivity index (χ0) is 21.6. The molecule has 4 aromatic rings. The molecule has 0 radical (unpaired) electrons. The first-order valence-corrected chi connectivity index (χ1v) is 11.4. The van der Waals surface area contributed by atoms with Gasteiger partial charge in [0.2, 0.25) is 11.1 Å². The molecule has 0 bridgehead atoms. The fourth-order valence-corrected chi connectivity index (χ4v) is 4.55. The Morgan fingerprint density at radius 1 is 0.968 bits per heavy atom. The first-order chi connectivity index (χ1) is 15.1. The summed E-state index contributed by atoms with van der Waals surface area (Å²) in [7, 11) is 0. The number of nitrogens with zero attached hydrogens (tertiary/aromatic N) is 3. The lowest BCUT2D eigenvalue weighted by atomic mass is 10.1. The Morgan fingerprint density at radius 3 is 2.48 bits per heavy atom. The molecule has 0 atom stereocenters. The number of nitrogen functional groups attached to an aromatic ring is 1. The fraction of sp³-hybridized carbons (Fsp3) is 0.0870. The molecule has 3 aromatic carbocycles. The third-order valence-electron chi connectivity index (χ3n) is 4.52. The maximum atomic E-state index is 12.6. The number of carbonyl (C=O) groups excluding carboxylic acids is 1. The minimum Gasteiger partial charge on any atom is -0.335 e. The van der Waals surface area contributed by atoms with Gasteiger partial charge in [0.15, 0.2) is 5.82 Å². The Bertz CT molecular complexity index is 1190. The van der Waals surface area contributed by atoms with Crippen LogP contribution in [0.2, 0.25) is 0 Å². The van der Waals surface area contributed by atoms with Crippen LogP contribution in [0, 0.1) is 6.92 Å². The lowest BCUT2D eigenvalue weighted by Crippen LogP contribution is -2.17. The van der Waals surface area contributed by atoms with Crippen LogP contribution in [0.25, 0.3) is 11.4 Å². The monoisotopic (exact) mass is 447 g/mol. The predicted molar refractivity (Wildman–Crippen MR) is 127 cm³/mol. The minimum atomic E-state index is -0.133. The van der Waals surface area contributed by atoms with Crippen molar-refractivity contribution in [3.05, 3.63) is 84.4 Å². The topological polar surface area (TPSA) is 85.8 Å². The van der Waals surface area contributed by atoms with Gasteiger partial charge in [0.1, 0.15) is 0 Å². The van der Waals surface area contributed by atoms with Crippen molar-refractivity contribution >= 4 is 35.1 Å². The van der Waals surface area contributed by atoms with Crippen LogP contribution in [-0.4, -0.2) is 26.5 Å². The summed E-state index contributed by atoms with van der Waals surface area (Å²) in [4.78, 5) is 14.7. The van der Waals surface area contributed by atoms with Crippen molar-refractivity contribution in [2.45, 2.75) is 21.9 Å². The van der Waals surface area contributed by atoms with E-state index in [0.29, 0.717) is 11.0 Å².